The first-order valence-corrected chi connectivity index (χ1v) is 5.43. The average molecular weight is 182 g/mol. The van der Waals surface area contributed by atoms with Crippen molar-refractivity contribution in [1.82, 2.24) is 0 Å². The van der Waals surface area contributed by atoms with Gasteiger partial charge < -0.3 is 9.90 Å². The highest BCUT2D eigenvalue weighted by Crippen LogP contribution is 2.49. The molecule has 2 aliphatic carbocycles. The van der Waals surface area contributed by atoms with Crippen molar-refractivity contribution in [3.8, 4) is 0 Å². The fourth-order valence-corrected chi connectivity index (χ4v) is 2.94. The van der Waals surface area contributed by atoms with E-state index in [9.17, 15) is 9.90 Å². The molecule has 0 aliphatic heterocycles. The number of aldehydes is 1. The minimum Gasteiger partial charge on any atom is -0.393 e. The Morgan fingerprint density at radius 3 is 2.23 bits per heavy atom. The monoisotopic (exact) mass is 182 g/mol. The first-order chi connectivity index (χ1) is 6.28. The van der Waals surface area contributed by atoms with Gasteiger partial charge in [0.05, 0.1) is 6.10 Å². The van der Waals surface area contributed by atoms with Gasteiger partial charge >= 0.3 is 0 Å². The Balaban J connectivity index is 2.08. The summed E-state index contributed by atoms with van der Waals surface area (Å²) in [6.07, 6.45) is 8.53. The molecule has 2 atom stereocenters. The summed E-state index contributed by atoms with van der Waals surface area (Å²) in [6.45, 7) is 0. The normalized spacial score (nSPS) is 37.9. The van der Waals surface area contributed by atoms with Crippen LogP contribution in [0.3, 0.4) is 0 Å². The topological polar surface area (TPSA) is 37.3 Å². The molecule has 2 aliphatic rings. The molecular formula is C11H18O2. The van der Waals surface area contributed by atoms with Crippen molar-refractivity contribution < 1.29 is 9.90 Å². The molecule has 0 aromatic heterocycles. The van der Waals surface area contributed by atoms with Crippen LogP contribution in [0.4, 0.5) is 0 Å². The zero-order valence-electron chi connectivity index (χ0n) is 8.04. The molecular weight excluding hydrogens is 164 g/mol. The van der Waals surface area contributed by atoms with E-state index in [1.54, 1.807) is 0 Å². The highest BCUT2D eigenvalue weighted by atomic mass is 16.3. The van der Waals surface area contributed by atoms with Gasteiger partial charge in [0.25, 0.3) is 0 Å². The number of carbonyl (C=O) groups excluding carboxylic acids is 1. The average Bonchev–Trinajstić information content (AvgIpc) is 2.17. The van der Waals surface area contributed by atoms with Gasteiger partial charge in [-0.15, -0.1) is 0 Å². The summed E-state index contributed by atoms with van der Waals surface area (Å²) < 4.78 is 0. The summed E-state index contributed by atoms with van der Waals surface area (Å²) in [5.41, 5.74) is -0.143. The van der Waals surface area contributed by atoms with Gasteiger partial charge in [0.15, 0.2) is 0 Å². The zero-order chi connectivity index (χ0) is 9.31. The van der Waals surface area contributed by atoms with Gasteiger partial charge in [-0.1, -0.05) is 19.3 Å². The number of hydrogen-bond donors (Lipinski definition) is 1. The summed E-state index contributed by atoms with van der Waals surface area (Å²) >= 11 is 0. The van der Waals surface area contributed by atoms with E-state index in [-0.39, 0.29) is 17.4 Å². The van der Waals surface area contributed by atoms with E-state index in [1.807, 2.05) is 0 Å². The van der Waals surface area contributed by atoms with Crippen molar-refractivity contribution in [2.75, 3.05) is 0 Å². The molecule has 0 amide bonds. The molecule has 2 saturated carbocycles. The van der Waals surface area contributed by atoms with Crippen LogP contribution >= 0.6 is 0 Å². The largest absolute Gasteiger partial charge is 0.393 e. The molecule has 2 fully saturated rings. The third-order valence-electron chi connectivity index (χ3n) is 4.00. The van der Waals surface area contributed by atoms with Crippen molar-refractivity contribution >= 4 is 6.29 Å². The molecule has 0 aromatic carbocycles. The Bertz CT molecular complexity index is 194. The summed E-state index contributed by atoms with van der Waals surface area (Å²) in [7, 11) is 0. The molecule has 0 aromatic rings. The van der Waals surface area contributed by atoms with E-state index in [0.29, 0.717) is 0 Å². The molecule has 2 heteroatoms. The fourth-order valence-electron chi connectivity index (χ4n) is 2.94. The van der Waals surface area contributed by atoms with Crippen molar-refractivity contribution in [3.05, 3.63) is 0 Å². The van der Waals surface area contributed by atoms with E-state index in [0.717, 1.165) is 32.0 Å². The number of rotatable bonds is 2. The second-order valence-corrected chi connectivity index (χ2v) is 4.66. The van der Waals surface area contributed by atoms with Gasteiger partial charge in [0.2, 0.25) is 0 Å². The maximum atomic E-state index is 11.2. The molecule has 1 N–H and O–H groups in total. The number of aliphatic hydroxyl groups excluding tert-OH is 1. The van der Waals surface area contributed by atoms with Crippen molar-refractivity contribution in [2.24, 2.45) is 11.3 Å². The van der Waals surface area contributed by atoms with Crippen LogP contribution in [0.1, 0.15) is 44.9 Å². The molecule has 0 heterocycles. The molecule has 0 saturated heterocycles. The van der Waals surface area contributed by atoms with Gasteiger partial charge in [-0.3, -0.25) is 0 Å². The third-order valence-corrected chi connectivity index (χ3v) is 4.00. The number of carbonyl (C=O) groups is 1. The highest BCUT2D eigenvalue weighted by molar-refractivity contribution is 5.60. The SMILES string of the molecule is O=CC1(C2CCC2O)CCCCC1. The van der Waals surface area contributed by atoms with E-state index in [1.165, 1.54) is 19.3 Å². The Morgan fingerprint density at radius 1 is 1.15 bits per heavy atom. The lowest BCUT2D eigenvalue weighted by Crippen LogP contribution is -2.47. The van der Waals surface area contributed by atoms with Crippen LogP contribution in [0.5, 0.6) is 0 Å². The second kappa shape index (κ2) is 3.41. The van der Waals surface area contributed by atoms with Crippen LogP contribution in [0.15, 0.2) is 0 Å². The molecule has 2 unspecified atom stereocenters. The maximum Gasteiger partial charge on any atom is 0.126 e. The van der Waals surface area contributed by atoms with Crippen LogP contribution < -0.4 is 0 Å². The second-order valence-electron chi connectivity index (χ2n) is 4.66. The first-order valence-electron chi connectivity index (χ1n) is 5.43. The van der Waals surface area contributed by atoms with Gasteiger partial charge in [-0.05, 0) is 31.6 Å². The lowest BCUT2D eigenvalue weighted by Gasteiger charge is -2.47. The predicted molar refractivity (Wildman–Crippen MR) is 50.3 cm³/mol. The minimum absolute atomic E-state index is 0.143. The maximum absolute atomic E-state index is 11.2. The van der Waals surface area contributed by atoms with Crippen molar-refractivity contribution in [3.63, 3.8) is 0 Å². The first kappa shape index (κ1) is 9.20. The zero-order valence-corrected chi connectivity index (χ0v) is 8.04. The Hall–Kier alpha value is -0.370. The lowest BCUT2D eigenvalue weighted by molar-refractivity contribution is -0.132. The van der Waals surface area contributed by atoms with Gasteiger partial charge in [-0.25, -0.2) is 0 Å². The highest BCUT2D eigenvalue weighted by Gasteiger charge is 2.47. The number of aliphatic hydroxyl groups is 1. The van der Waals surface area contributed by atoms with Gasteiger partial charge in [0.1, 0.15) is 6.29 Å². The summed E-state index contributed by atoms with van der Waals surface area (Å²) in [6, 6.07) is 0. The van der Waals surface area contributed by atoms with Crippen LogP contribution in [0.2, 0.25) is 0 Å². The smallest absolute Gasteiger partial charge is 0.126 e. The van der Waals surface area contributed by atoms with Crippen LogP contribution in [-0.2, 0) is 4.79 Å². The quantitative estimate of drug-likeness (QED) is 0.662. The third kappa shape index (κ3) is 1.41. The standard InChI is InChI=1S/C11H18O2/c12-8-11(6-2-1-3-7-11)9-4-5-10(9)13/h8-10,13H,1-7H2. The minimum atomic E-state index is -0.191. The fraction of sp³-hybridized carbons (Fsp3) is 0.909. The molecule has 0 bridgehead atoms. The molecule has 74 valence electrons. The van der Waals surface area contributed by atoms with E-state index < -0.39 is 0 Å². The Kier molecular flexibility index (Phi) is 2.41. The Labute approximate surface area is 79.3 Å². The lowest BCUT2D eigenvalue weighted by atomic mass is 9.58. The van der Waals surface area contributed by atoms with Crippen molar-refractivity contribution in [2.45, 2.75) is 51.0 Å². The van der Waals surface area contributed by atoms with Crippen LogP contribution in [0.25, 0.3) is 0 Å². The van der Waals surface area contributed by atoms with Crippen molar-refractivity contribution in [1.29, 1.82) is 0 Å². The summed E-state index contributed by atoms with van der Waals surface area (Å²) in [4.78, 5) is 11.2. The van der Waals surface area contributed by atoms with Gasteiger partial charge in [0, 0.05) is 5.41 Å². The predicted octanol–water partition coefficient (Wildman–Crippen LogP) is 1.91. The Morgan fingerprint density at radius 2 is 1.85 bits per heavy atom. The molecule has 2 nitrogen and oxygen atoms in total. The van der Waals surface area contributed by atoms with Gasteiger partial charge in [-0.2, -0.15) is 0 Å². The van der Waals surface area contributed by atoms with Crippen LogP contribution in [-0.4, -0.2) is 17.5 Å². The van der Waals surface area contributed by atoms with E-state index in [2.05, 4.69) is 0 Å². The molecule has 13 heavy (non-hydrogen) atoms. The molecule has 0 spiro atoms. The summed E-state index contributed by atoms with van der Waals surface area (Å²) in [5, 5.41) is 9.60. The van der Waals surface area contributed by atoms with Crippen LogP contribution in [0, 0.1) is 11.3 Å². The number of hydrogen-bond acceptors (Lipinski definition) is 2. The van der Waals surface area contributed by atoms with E-state index in [4.69, 9.17) is 0 Å². The van der Waals surface area contributed by atoms with E-state index >= 15 is 0 Å². The molecule has 2 rings (SSSR count). The molecule has 0 radical (unpaired) electrons. The summed E-state index contributed by atoms with van der Waals surface area (Å²) in [5.74, 6) is 0.283.